The molecule has 1 aliphatic rings. The summed E-state index contributed by atoms with van der Waals surface area (Å²) in [6.45, 7) is 0.430. The minimum absolute atomic E-state index is 0.0772. The molecule has 1 unspecified atom stereocenters. The van der Waals surface area contributed by atoms with Gasteiger partial charge in [-0.25, -0.2) is 4.79 Å². The van der Waals surface area contributed by atoms with Crippen molar-refractivity contribution in [2.45, 2.75) is 18.9 Å². The molecule has 0 saturated carbocycles. The summed E-state index contributed by atoms with van der Waals surface area (Å²) < 4.78 is 10.9. The van der Waals surface area contributed by atoms with E-state index in [1.165, 1.54) is 0 Å². The summed E-state index contributed by atoms with van der Waals surface area (Å²) in [6, 6.07) is 13.5. The number of amides is 4. The zero-order valence-electron chi connectivity index (χ0n) is 15.4. The van der Waals surface area contributed by atoms with Gasteiger partial charge in [0.25, 0.3) is 5.91 Å². The van der Waals surface area contributed by atoms with Gasteiger partial charge in [0.2, 0.25) is 5.91 Å². The lowest BCUT2D eigenvalue weighted by Gasteiger charge is -2.09. The SMILES string of the molecule is COc1ccc(Oc2ccc(CCNC(=O)CC3NC(=O)NC3=O)cc2)cc1. The number of benzene rings is 2. The molecule has 8 heteroatoms. The van der Waals surface area contributed by atoms with Crippen molar-refractivity contribution in [2.75, 3.05) is 13.7 Å². The van der Waals surface area contributed by atoms with Crippen LogP contribution in [0.25, 0.3) is 0 Å². The second-order valence-electron chi connectivity index (χ2n) is 6.24. The van der Waals surface area contributed by atoms with Gasteiger partial charge in [0.05, 0.1) is 13.5 Å². The molecule has 146 valence electrons. The Labute approximate surface area is 162 Å². The van der Waals surface area contributed by atoms with Crippen LogP contribution in [0.2, 0.25) is 0 Å². The van der Waals surface area contributed by atoms with Crippen molar-refractivity contribution in [3.8, 4) is 17.2 Å². The maximum atomic E-state index is 11.9. The van der Waals surface area contributed by atoms with E-state index < -0.39 is 18.0 Å². The molecule has 3 rings (SSSR count). The van der Waals surface area contributed by atoms with Gasteiger partial charge >= 0.3 is 6.03 Å². The van der Waals surface area contributed by atoms with E-state index in [9.17, 15) is 14.4 Å². The molecule has 2 aromatic carbocycles. The van der Waals surface area contributed by atoms with E-state index in [4.69, 9.17) is 9.47 Å². The van der Waals surface area contributed by atoms with Crippen LogP contribution in [0.4, 0.5) is 4.79 Å². The van der Waals surface area contributed by atoms with Gasteiger partial charge in [-0.2, -0.15) is 0 Å². The summed E-state index contributed by atoms with van der Waals surface area (Å²) >= 11 is 0. The van der Waals surface area contributed by atoms with Crippen molar-refractivity contribution in [3.05, 3.63) is 54.1 Å². The molecule has 1 heterocycles. The monoisotopic (exact) mass is 383 g/mol. The van der Waals surface area contributed by atoms with Gasteiger partial charge in [-0.3, -0.25) is 14.9 Å². The Morgan fingerprint density at radius 3 is 2.18 bits per heavy atom. The average molecular weight is 383 g/mol. The Morgan fingerprint density at radius 1 is 1.00 bits per heavy atom. The summed E-state index contributed by atoms with van der Waals surface area (Å²) in [6.07, 6.45) is 0.560. The summed E-state index contributed by atoms with van der Waals surface area (Å²) in [5.41, 5.74) is 1.04. The van der Waals surface area contributed by atoms with Crippen LogP contribution >= 0.6 is 0 Å². The first-order valence-corrected chi connectivity index (χ1v) is 8.82. The third kappa shape index (κ3) is 5.23. The zero-order chi connectivity index (χ0) is 19.9. The van der Waals surface area contributed by atoms with Gasteiger partial charge in [-0.15, -0.1) is 0 Å². The van der Waals surface area contributed by atoms with Crippen LogP contribution in [0.15, 0.2) is 48.5 Å². The number of imide groups is 1. The highest BCUT2D eigenvalue weighted by atomic mass is 16.5. The fourth-order valence-electron chi connectivity index (χ4n) is 2.71. The maximum Gasteiger partial charge on any atom is 0.322 e. The molecule has 8 nitrogen and oxygen atoms in total. The summed E-state index contributed by atoms with van der Waals surface area (Å²) in [7, 11) is 1.61. The van der Waals surface area contributed by atoms with Crippen molar-refractivity contribution >= 4 is 17.8 Å². The Hall–Kier alpha value is -3.55. The van der Waals surface area contributed by atoms with Gasteiger partial charge in [0.15, 0.2) is 0 Å². The lowest BCUT2D eigenvalue weighted by Crippen LogP contribution is -2.36. The minimum Gasteiger partial charge on any atom is -0.497 e. The van der Waals surface area contributed by atoms with Crippen molar-refractivity contribution < 1.29 is 23.9 Å². The Bertz CT molecular complexity index is 849. The number of carbonyl (C=O) groups excluding carboxylic acids is 3. The molecule has 0 aromatic heterocycles. The average Bonchev–Trinajstić information content (AvgIpc) is 3.00. The van der Waals surface area contributed by atoms with E-state index in [0.29, 0.717) is 24.5 Å². The Morgan fingerprint density at radius 2 is 1.61 bits per heavy atom. The van der Waals surface area contributed by atoms with E-state index in [2.05, 4.69) is 16.0 Å². The molecule has 28 heavy (non-hydrogen) atoms. The maximum absolute atomic E-state index is 11.9. The van der Waals surface area contributed by atoms with Crippen LogP contribution in [0.1, 0.15) is 12.0 Å². The van der Waals surface area contributed by atoms with Crippen LogP contribution in [0.3, 0.4) is 0 Å². The fraction of sp³-hybridized carbons (Fsp3) is 0.250. The molecule has 0 bridgehead atoms. The number of hydrogen-bond acceptors (Lipinski definition) is 5. The predicted molar refractivity (Wildman–Crippen MR) is 101 cm³/mol. The molecule has 0 radical (unpaired) electrons. The van der Waals surface area contributed by atoms with Crippen LogP contribution in [0, 0.1) is 0 Å². The normalized spacial score (nSPS) is 15.5. The molecule has 0 aliphatic carbocycles. The van der Waals surface area contributed by atoms with Crippen LogP contribution in [-0.4, -0.2) is 37.5 Å². The number of carbonyl (C=O) groups is 3. The number of methoxy groups -OCH3 is 1. The largest absolute Gasteiger partial charge is 0.497 e. The number of ether oxygens (including phenoxy) is 2. The van der Waals surface area contributed by atoms with E-state index >= 15 is 0 Å². The third-order valence-corrected chi connectivity index (χ3v) is 4.20. The van der Waals surface area contributed by atoms with Crippen molar-refractivity contribution in [3.63, 3.8) is 0 Å². The van der Waals surface area contributed by atoms with Crippen molar-refractivity contribution in [2.24, 2.45) is 0 Å². The number of urea groups is 1. The molecular formula is C20H21N3O5. The van der Waals surface area contributed by atoms with E-state index in [1.807, 2.05) is 48.5 Å². The first kappa shape index (κ1) is 19.2. The minimum atomic E-state index is -0.804. The first-order chi connectivity index (χ1) is 13.5. The van der Waals surface area contributed by atoms with Crippen LogP contribution in [-0.2, 0) is 16.0 Å². The molecule has 1 aliphatic heterocycles. The van der Waals surface area contributed by atoms with Gasteiger partial charge in [-0.05, 0) is 48.4 Å². The predicted octanol–water partition coefficient (Wildman–Crippen LogP) is 1.74. The van der Waals surface area contributed by atoms with Gasteiger partial charge < -0.3 is 20.1 Å². The second kappa shape index (κ2) is 8.90. The number of rotatable bonds is 8. The molecule has 1 atom stereocenters. The molecule has 2 aromatic rings. The van der Waals surface area contributed by atoms with Gasteiger partial charge in [0.1, 0.15) is 23.3 Å². The summed E-state index contributed by atoms with van der Waals surface area (Å²) in [5.74, 6) is 1.42. The fourth-order valence-corrected chi connectivity index (χ4v) is 2.71. The summed E-state index contributed by atoms with van der Waals surface area (Å²) in [4.78, 5) is 34.3. The highest BCUT2D eigenvalue weighted by molar-refractivity contribution is 6.05. The van der Waals surface area contributed by atoms with Gasteiger partial charge in [-0.1, -0.05) is 12.1 Å². The highest BCUT2D eigenvalue weighted by Gasteiger charge is 2.30. The van der Waals surface area contributed by atoms with E-state index in [0.717, 1.165) is 11.3 Å². The standard InChI is InChI=1S/C20H21N3O5/c1-27-14-6-8-16(9-7-14)28-15-4-2-13(3-5-15)10-11-21-18(24)12-17-19(25)23-20(26)22-17/h2-9,17H,10-12H2,1H3,(H,21,24)(H2,22,23,25,26). The Kier molecular flexibility index (Phi) is 6.11. The van der Waals surface area contributed by atoms with E-state index in [-0.39, 0.29) is 12.3 Å². The smallest absolute Gasteiger partial charge is 0.322 e. The quantitative estimate of drug-likeness (QED) is 0.602. The third-order valence-electron chi connectivity index (χ3n) is 4.20. The molecule has 4 amide bonds. The molecule has 3 N–H and O–H groups in total. The summed E-state index contributed by atoms with van der Waals surface area (Å²) in [5, 5.41) is 7.23. The van der Waals surface area contributed by atoms with Crippen molar-refractivity contribution in [1.82, 2.24) is 16.0 Å². The van der Waals surface area contributed by atoms with Crippen LogP contribution in [0.5, 0.6) is 17.2 Å². The molecule has 1 saturated heterocycles. The highest BCUT2D eigenvalue weighted by Crippen LogP contribution is 2.24. The Balaban J connectivity index is 1.42. The molecular weight excluding hydrogens is 362 g/mol. The molecule has 0 spiro atoms. The van der Waals surface area contributed by atoms with E-state index in [1.54, 1.807) is 7.11 Å². The number of nitrogens with one attached hydrogen (secondary N) is 3. The lowest BCUT2D eigenvalue weighted by molar-refractivity contribution is -0.126. The topological polar surface area (TPSA) is 106 Å². The van der Waals surface area contributed by atoms with Crippen LogP contribution < -0.4 is 25.4 Å². The molecule has 1 fully saturated rings. The first-order valence-electron chi connectivity index (χ1n) is 8.82. The number of hydrogen-bond donors (Lipinski definition) is 3. The van der Waals surface area contributed by atoms with Crippen molar-refractivity contribution in [1.29, 1.82) is 0 Å². The van der Waals surface area contributed by atoms with Gasteiger partial charge in [0, 0.05) is 6.54 Å². The zero-order valence-corrected chi connectivity index (χ0v) is 15.4. The second-order valence-corrected chi connectivity index (χ2v) is 6.24. The lowest BCUT2D eigenvalue weighted by atomic mass is 10.1.